The van der Waals surface area contributed by atoms with E-state index in [1.165, 1.54) is 6.20 Å². The summed E-state index contributed by atoms with van der Waals surface area (Å²) in [6.07, 6.45) is 1.45. The lowest BCUT2D eigenvalue weighted by Crippen LogP contribution is -1.90. The quantitative estimate of drug-likeness (QED) is 0.846. The Morgan fingerprint density at radius 2 is 2.25 bits per heavy atom. The second-order valence-corrected chi connectivity index (χ2v) is 5.56. The van der Waals surface area contributed by atoms with Crippen LogP contribution in [-0.2, 0) is 8.64 Å². The van der Waals surface area contributed by atoms with Crippen molar-refractivity contribution in [2.45, 2.75) is 0 Å². The van der Waals surface area contributed by atoms with Gasteiger partial charge in [-0.05, 0) is 18.2 Å². The maximum Gasteiger partial charge on any atom is 0.544 e. The molecule has 0 bridgehead atoms. The number of hydrogen-bond donors (Lipinski definition) is 2. The average Bonchev–Trinajstić information content (AvgIpc) is 2.61. The Bertz CT molecular complexity index is 572. The first kappa shape index (κ1) is 12.0. The van der Waals surface area contributed by atoms with Crippen LogP contribution < -0.4 is 4.52 Å². The van der Waals surface area contributed by atoms with Gasteiger partial charge >= 0.3 is 7.82 Å². The summed E-state index contributed by atoms with van der Waals surface area (Å²) in [5.74, 6) is 0.197. The molecule has 1 heterocycles. The Morgan fingerprint density at radius 1 is 1.50 bits per heavy atom. The molecule has 0 aliphatic heterocycles. The van der Waals surface area contributed by atoms with E-state index in [0.29, 0.717) is 5.39 Å². The zero-order chi connectivity index (χ0) is 11.8. The Labute approximate surface area is 104 Å². The molecule has 0 saturated carbocycles. The van der Waals surface area contributed by atoms with Crippen molar-refractivity contribution in [3.63, 3.8) is 0 Å². The molecule has 0 saturated heterocycles. The van der Waals surface area contributed by atoms with Crippen LogP contribution in [0.15, 0.2) is 28.9 Å². The monoisotopic (exact) mass is 325 g/mol. The molecule has 0 aliphatic rings. The highest BCUT2D eigenvalue weighted by Crippen LogP contribution is 2.47. The number of hydrogen-bond acceptors (Lipinski definition) is 3. The molecule has 2 rings (SSSR count). The van der Waals surface area contributed by atoms with Gasteiger partial charge in [0.15, 0.2) is 5.75 Å². The summed E-state index contributed by atoms with van der Waals surface area (Å²) in [4.78, 5) is 12.0. The summed E-state index contributed by atoms with van der Waals surface area (Å²) in [5.41, 5.74) is 0.771. The van der Waals surface area contributed by atoms with E-state index < -0.39 is 7.82 Å². The van der Waals surface area contributed by atoms with E-state index in [-0.39, 0.29) is 5.75 Å². The molecule has 0 amide bonds. The topological polar surface area (TPSA) is 71.6 Å². The molecule has 2 aromatic rings. The Hall–Kier alpha value is -0.520. The number of aromatic nitrogens is 1. The van der Waals surface area contributed by atoms with Crippen molar-refractivity contribution in [3.8, 4) is 5.75 Å². The molecule has 1 unspecified atom stereocenters. The van der Waals surface area contributed by atoms with Gasteiger partial charge in [-0.2, -0.15) is 4.08 Å². The minimum Gasteiger partial charge on any atom is -0.401 e. The van der Waals surface area contributed by atoms with Crippen LogP contribution >= 0.6 is 35.6 Å². The first-order valence-corrected chi connectivity index (χ1v) is 6.71. The third-order valence-corrected chi connectivity index (χ3v) is 3.53. The molecule has 1 aromatic carbocycles. The number of fused-ring (bicyclic) bond motifs is 1. The third kappa shape index (κ3) is 2.42. The van der Waals surface area contributed by atoms with E-state index in [2.05, 4.69) is 25.0 Å². The molecule has 0 spiro atoms. The highest BCUT2D eigenvalue weighted by molar-refractivity contribution is 9.10. The molecule has 86 valence electrons. The van der Waals surface area contributed by atoms with Crippen LogP contribution in [0.2, 0.25) is 0 Å². The van der Waals surface area contributed by atoms with Crippen molar-refractivity contribution < 1.29 is 18.1 Å². The SMILES string of the molecule is O=P(O)(OCl)Oc1c[nH]c2ccc(Br)cc12. The van der Waals surface area contributed by atoms with Gasteiger partial charge < -0.3 is 9.51 Å². The summed E-state index contributed by atoms with van der Waals surface area (Å²) < 4.78 is 20.5. The van der Waals surface area contributed by atoms with Crippen LogP contribution in [0.5, 0.6) is 5.75 Å². The van der Waals surface area contributed by atoms with E-state index in [4.69, 9.17) is 21.3 Å². The fourth-order valence-corrected chi connectivity index (χ4v) is 2.15. The molecule has 8 heteroatoms. The molecule has 5 nitrogen and oxygen atoms in total. The Kier molecular flexibility index (Phi) is 3.28. The summed E-state index contributed by atoms with van der Waals surface area (Å²) in [7, 11) is -4.25. The van der Waals surface area contributed by atoms with E-state index in [1.807, 2.05) is 6.07 Å². The number of aromatic amines is 1. The fourth-order valence-electron chi connectivity index (χ4n) is 1.28. The number of phosphoric ester groups is 1. The molecule has 1 atom stereocenters. The van der Waals surface area contributed by atoms with Crippen LogP contribution in [0, 0.1) is 0 Å². The third-order valence-electron chi connectivity index (χ3n) is 1.91. The lowest BCUT2D eigenvalue weighted by Gasteiger charge is -2.07. The smallest absolute Gasteiger partial charge is 0.401 e. The number of halogens is 2. The predicted molar refractivity (Wildman–Crippen MR) is 63.4 cm³/mol. The fraction of sp³-hybridized carbons (Fsp3) is 0. The van der Waals surface area contributed by atoms with Gasteiger partial charge in [-0.1, -0.05) is 15.9 Å². The minimum absolute atomic E-state index is 0.197. The van der Waals surface area contributed by atoms with Gasteiger partial charge in [-0.15, -0.1) is 0 Å². The second-order valence-electron chi connectivity index (χ2n) is 2.97. The van der Waals surface area contributed by atoms with E-state index >= 15 is 0 Å². The van der Waals surface area contributed by atoms with Crippen molar-refractivity contribution >= 4 is 46.5 Å². The van der Waals surface area contributed by atoms with E-state index in [0.717, 1.165) is 9.99 Å². The van der Waals surface area contributed by atoms with Gasteiger partial charge in [0.05, 0.1) is 11.9 Å². The lowest BCUT2D eigenvalue weighted by molar-refractivity contribution is 0.301. The molecular weight excluding hydrogens is 320 g/mol. The molecule has 0 fully saturated rings. The van der Waals surface area contributed by atoms with Gasteiger partial charge in [0.25, 0.3) is 0 Å². The van der Waals surface area contributed by atoms with Gasteiger partial charge in [0.2, 0.25) is 0 Å². The zero-order valence-electron chi connectivity index (χ0n) is 7.68. The standard InChI is InChI=1S/C8H6BrClNO4P/c9-5-1-2-7-6(3-5)8(4-11-7)14-16(12,13)15-10/h1-4,11H,(H,12,13). The molecular formula is C8H6BrClNO4P. The number of benzene rings is 1. The van der Waals surface area contributed by atoms with Gasteiger partial charge in [0.1, 0.15) is 0 Å². The van der Waals surface area contributed by atoms with Crippen LogP contribution in [0.25, 0.3) is 10.9 Å². The highest BCUT2D eigenvalue weighted by atomic mass is 79.9. The maximum atomic E-state index is 11.1. The van der Waals surface area contributed by atoms with Crippen LogP contribution in [-0.4, -0.2) is 9.88 Å². The summed E-state index contributed by atoms with van der Waals surface area (Å²) in [6.45, 7) is 0. The van der Waals surface area contributed by atoms with Crippen molar-refractivity contribution in [2.24, 2.45) is 0 Å². The lowest BCUT2D eigenvalue weighted by atomic mass is 10.2. The van der Waals surface area contributed by atoms with E-state index in [1.54, 1.807) is 12.1 Å². The first-order chi connectivity index (χ1) is 7.52. The first-order valence-electron chi connectivity index (χ1n) is 4.11. The summed E-state index contributed by atoms with van der Waals surface area (Å²) in [6, 6.07) is 5.38. The normalized spacial score (nSPS) is 14.9. The van der Waals surface area contributed by atoms with Crippen molar-refractivity contribution in [1.29, 1.82) is 0 Å². The number of nitrogens with one attached hydrogen (secondary N) is 1. The predicted octanol–water partition coefficient (Wildman–Crippen LogP) is 3.58. The molecule has 1 aromatic heterocycles. The second kappa shape index (κ2) is 4.39. The van der Waals surface area contributed by atoms with Gasteiger partial charge in [0, 0.05) is 21.6 Å². The maximum absolute atomic E-state index is 11.1. The number of H-pyrrole nitrogens is 1. The molecule has 2 N–H and O–H groups in total. The zero-order valence-corrected chi connectivity index (χ0v) is 10.9. The minimum atomic E-state index is -4.25. The number of phosphoric acid groups is 1. The van der Waals surface area contributed by atoms with Crippen molar-refractivity contribution in [1.82, 2.24) is 4.98 Å². The van der Waals surface area contributed by atoms with Crippen LogP contribution in [0.3, 0.4) is 0 Å². The number of rotatable bonds is 3. The summed E-state index contributed by atoms with van der Waals surface area (Å²) >= 11 is 8.12. The van der Waals surface area contributed by atoms with E-state index in [9.17, 15) is 4.57 Å². The molecule has 0 radical (unpaired) electrons. The van der Waals surface area contributed by atoms with Crippen molar-refractivity contribution in [3.05, 3.63) is 28.9 Å². The van der Waals surface area contributed by atoms with Gasteiger partial charge in [-0.25, -0.2) is 4.57 Å². The largest absolute Gasteiger partial charge is 0.544 e. The van der Waals surface area contributed by atoms with Crippen LogP contribution in [0.4, 0.5) is 0 Å². The highest BCUT2D eigenvalue weighted by Gasteiger charge is 2.24. The van der Waals surface area contributed by atoms with Gasteiger partial charge in [-0.3, -0.25) is 4.89 Å². The van der Waals surface area contributed by atoms with Crippen LogP contribution in [0.1, 0.15) is 0 Å². The van der Waals surface area contributed by atoms with Crippen molar-refractivity contribution in [2.75, 3.05) is 0 Å². The molecule has 0 aliphatic carbocycles. The average molecular weight is 326 g/mol. The molecule has 16 heavy (non-hydrogen) atoms. The Morgan fingerprint density at radius 3 is 2.94 bits per heavy atom. The summed E-state index contributed by atoms with van der Waals surface area (Å²) in [5, 5.41) is 0.650. The Balaban J connectivity index is 2.46.